The zero-order valence-electron chi connectivity index (χ0n) is 15.0. The SMILES string of the molecule is Cn1cc(CN2CCCC(c3ccnc(Nc4ccccn4)c3)C2)cn1. The Kier molecular flexibility index (Phi) is 4.93. The maximum atomic E-state index is 4.44. The molecule has 1 aliphatic heterocycles. The van der Waals surface area contributed by atoms with Crippen LogP contribution in [0.15, 0.2) is 55.1 Å². The fourth-order valence-corrected chi connectivity index (χ4v) is 3.62. The summed E-state index contributed by atoms with van der Waals surface area (Å²) in [5, 5.41) is 7.57. The van der Waals surface area contributed by atoms with Crippen LogP contribution in [-0.2, 0) is 13.6 Å². The molecule has 134 valence electrons. The van der Waals surface area contributed by atoms with Crippen molar-refractivity contribution in [2.45, 2.75) is 25.3 Å². The molecule has 1 atom stereocenters. The molecule has 0 amide bonds. The molecule has 0 spiro atoms. The Bertz CT molecular complexity index is 844. The van der Waals surface area contributed by atoms with E-state index in [-0.39, 0.29) is 0 Å². The molecule has 26 heavy (non-hydrogen) atoms. The lowest BCUT2D eigenvalue weighted by Gasteiger charge is -2.32. The summed E-state index contributed by atoms with van der Waals surface area (Å²) in [7, 11) is 1.97. The topological polar surface area (TPSA) is 58.9 Å². The quantitative estimate of drug-likeness (QED) is 0.766. The van der Waals surface area contributed by atoms with E-state index in [1.807, 2.05) is 42.3 Å². The molecular formula is C20H24N6. The summed E-state index contributed by atoms with van der Waals surface area (Å²) in [5.41, 5.74) is 2.62. The summed E-state index contributed by atoms with van der Waals surface area (Å²) in [6.07, 6.45) is 10.2. The standard InChI is InChI=1S/C20H24N6/c1-25-13-16(12-23-25)14-26-10-4-5-18(15-26)17-7-9-22-20(11-17)24-19-6-2-3-8-21-19/h2-3,6-9,11-13,18H,4-5,10,14-15H2,1H3,(H,21,22,24). The molecule has 6 heteroatoms. The van der Waals surface area contributed by atoms with Crippen molar-refractivity contribution < 1.29 is 0 Å². The van der Waals surface area contributed by atoms with Crippen LogP contribution in [0.1, 0.15) is 29.9 Å². The molecule has 4 rings (SSSR count). The molecule has 0 aliphatic carbocycles. The molecule has 3 aromatic heterocycles. The summed E-state index contributed by atoms with van der Waals surface area (Å²) in [5.74, 6) is 2.21. The predicted octanol–water partition coefficient (Wildman–Crippen LogP) is 3.33. The van der Waals surface area contributed by atoms with Gasteiger partial charge in [0.05, 0.1) is 6.20 Å². The minimum atomic E-state index is 0.535. The van der Waals surface area contributed by atoms with Crippen LogP contribution in [0.25, 0.3) is 0 Å². The van der Waals surface area contributed by atoms with E-state index >= 15 is 0 Å². The zero-order chi connectivity index (χ0) is 17.8. The van der Waals surface area contributed by atoms with Gasteiger partial charge in [0.25, 0.3) is 0 Å². The maximum Gasteiger partial charge on any atom is 0.131 e. The second-order valence-corrected chi connectivity index (χ2v) is 6.91. The van der Waals surface area contributed by atoms with Crippen molar-refractivity contribution in [1.82, 2.24) is 24.6 Å². The third-order valence-electron chi connectivity index (χ3n) is 4.85. The first kappa shape index (κ1) is 16.7. The van der Waals surface area contributed by atoms with Gasteiger partial charge in [-0.2, -0.15) is 5.10 Å². The van der Waals surface area contributed by atoms with Crippen LogP contribution in [0.3, 0.4) is 0 Å². The molecule has 1 fully saturated rings. The molecule has 1 aliphatic rings. The first-order chi connectivity index (χ1) is 12.8. The van der Waals surface area contributed by atoms with Gasteiger partial charge in [-0.1, -0.05) is 6.07 Å². The smallest absolute Gasteiger partial charge is 0.131 e. The summed E-state index contributed by atoms with van der Waals surface area (Å²) in [4.78, 5) is 11.3. The number of piperidine rings is 1. The van der Waals surface area contributed by atoms with Crippen LogP contribution >= 0.6 is 0 Å². The van der Waals surface area contributed by atoms with Gasteiger partial charge >= 0.3 is 0 Å². The number of aryl methyl sites for hydroxylation is 1. The first-order valence-corrected chi connectivity index (χ1v) is 9.10. The number of pyridine rings is 2. The third kappa shape index (κ3) is 4.08. The van der Waals surface area contributed by atoms with Crippen molar-refractivity contribution in [3.05, 3.63) is 66.2 Å². The minimum Gasteiger partial charge on any atom is -0.325 e. The van der Waals surface area contributed by atoms with Crippen LogP contribution in [0, 0.1) is 0 Å². The molecule has 4 heterocycles. The molecule has 0 saturated carbocycles. The van der Waals surface area contributed by atoms with Gasteiger partial charge in [-0.05, 0) is 55.1 Å². The molecule has 1 saturated heterocycles. The van der Waals surface area contributed by atoms with Crippen molar-refractivity contribution in [2.75, 3.05) is 18.4 Å². The van der Waals surface area contributed by atoms with Gasteiger partial charge in [0.2, 0.25) is 0 Å². The van der Waals surface area contributed by atoms with Gasteiger partial charge in [-0.25, -0.2) is 9.97 Å². The van der Waals surface area contributed by atoms with Crippen LogP contribution in [0.4, 0.5) is 11.6 Å². The summed E-state index contributed by atoms with van der Waals surface area (Å²) >= 11 is 0. The van der Waals surface area contributed by atoms with E-state index in [1.54, 1.807) is 6.20 Å². The Labute approximate surface area is 153 Å². The van der Waals surface area contributed by atoms with Crippen LogP contribution in [-0.4, -0.2) is 37.7 Å². The van der Waals surface area contributed by atoms with Crippen molar-refractivity contribution in [1.29, 1.82) is 0 Å². The Hall–Kier alpha value is -2.73. The molecule has 3 aromatic rings. The van der Waals surface area contributed by atoms with Crippen LogP contribution in [0.2, 0.25) is 0 Å². The molecule has 0 radical (unpaired) electrons. The number of rotatable bonds is 5. The Morgan fingerprint density at radius 3 is 2.88 bits per heavy atom. The number of hydrogen-bond donors (Lipinski definition) is 1. The van der Waals surface area contributed by atoms with Crippen molar-refractivity contribution in [3.8, 4) is 0 Å². The van der Waals surface area contributed by atoms with Gasteiger partial charge in [0.15, 0.2) is 0 Å². The molecule has 0 bridgehead atoms. The van der Waals surface area contributed by atoms with Gasteiger partial charge in [0, 0.05) is 44.3 Å². The fraction of sp³-hybridized carbons (Fsp3) is 0.350. The highest BCUT2D eigenvalue weighted by atomic mass is 15.2. The van der Waals surface area contributed by atoms with Gasteiger partial charge in [0.1, 0.15) is 11.6 Å². The van der Waals surface area contributed by atoms with E-state index in [2.05, 4.69) is 43.6 Å². The molecule has 1 N–H and O–H groups in total. The Balaban J connectivity index is 1.44. The number of anilines is 2. The first-order valence-electron chi connectivity index (χ1n) is 9.10. The Morgan fingerprint density at radius 1 is 1.15 bits per heavy atom. The lowest BCUT2D eigenvalue weighted by atomic mass is 9.91. The van der Waals surface area contributed by atoms with Crippen molar-refractivity contribution in [2.24, 2.45) is 7.05 Å². The summed E-state index contributed by atoms with van der Waals surface area (Å²) in [6.45, 7) is 3.19. The summed E-state index contributed by atoms with van der Waals surface area (Å²) < 4.78 is 1.87. The average Bonchev–Trinajstić information content (AvgIpc) is 3.08. The van der Waals surface area contributed by atoms with E-state index in [0.29, 0.717) is 5.92 Å². The highest BCUT2D eigenvalue weighted by Crippen LogP contribution is 2.29. The normalized spacial score (nSPS) is 18.0. The highest BCUT2D eigenvalue weighted by molar-refractivity contribution is 5.52. The zero-order valence-corrected chi connectivity index (χ0v) is 15.0. The van der Waals surface area contributed by atoms with E-state index in [1.165, 1.54) is 24.0 Å². The number of aromatic nitrogens is 4. The second-order valence-electron chi connectivity index (χ2n) is 6.91. The lowest BCUT2D eigenvalue weighted by molar-refractivity contribution is 0.200. The molecular weight excluding hydrogens is 324 g/mol. The largest absolute Gasteiger partial charge is 0.325 e. The molecule has 6 nitrogen and oxygen atoms in total. The molecule has 0 aromatic carbocycles. The second kappa shape index (κ2) is 7.66. The third-order valence-corrected chi connectivity index (χ3v) is 4.85. The van der Waals surface area contributed by atoms with E-state index < -0.39 is 0 Å². The van der Waals surface area contributed by atoms with Gasteiger partial charge in [-0.15, -0.1) is 0 Å². The fourth-order valence-electron chi connectivity index (χ4n) is 3.62. The average molecular weight is 348 g/mol. The van der Waals surface area contributed by atoms with Crippen LogP contribution in [0.5, 0.6) is 0 Å². The van der Waals surface area contributed by atoms with Gasteiger partial charge < -0.3 is 5.32 Å². The Morgan fingerprint density at radius 2 is 2.08 bits per heavy atom. The number of nitrogens with one attached hydrogen (secondary N) is 1. The summed E-state index contributed by atoms with van der Waals surface area (Å²) in [6, 6.07) is 10.1. The number of hydrogen-bond acceptors (Lipinski definition) is 5. The van der Waals surface area contributed by atoms with E-state index in [0.717, 1.165) is 31.3 Å². The number of likely N-dealkylation sites (tertiary alicyclic amines) is 1. The maximum absolute atomic E-state index is 4.44. The highest BCUT2D eigenvalue weighted by Gasteiger charge is 2.22. The van der Waals surface area contributed by atoms with Crippen molar-refractivity contribution in [3.63, 3.8) is 0 Å². The van der Waals surface area contributed by atoms with E-state index in [4.69, 9.17) is 0 Å². The monoisotopic (exact) mass is 348 g/mol. The van der Waals surface area contributed by atoms with E-state index in [9.17, 15) is 0 Å². The lowest BCUT2D eigenvalue weighted by Crippen LogP contribution is -2.33. The molecule has 1 unspecified atom stereocenters. The van der Waals surface area contributed by atoms with Crippen LogP contribution < -0.4 is 5.32 Å². The minimum absolute atomic E-state index is 0.535. The van der Waals surface area contributed by atoms with Crippen molar-refractivity contribution >= 4 is 11.6 Å². The van der Waals surface area contributed by atoms with Gasteiger partial charge in [-0.3, -0.25) is 9.58 Å². The predicted molar refractivity (Wildman–Crippen MR) is 102 cm³/mol. The number of nitrogens with zero attached hydrogens (tertiary/aromatic N) is 5.